The number of aromatic nitrogens is 2. The number of piperidine rings is 1. The van der Waals surface area contributed by atoms with E-state index in [0.717, 1.165) is 43.8 Å². The van der Waals surface area contributed by atoms with Gasteiger partial charge >= 0.3 is 0 Å². The van der Waals surface area contributed by atoms with Gasteiger partial charge in [0.1, 0.15) is 5.82 Å². The van der Waals surface area contributed by atoms with Gasteiger partial charge in [0, 0.05) is 36.8 Å². The summed E-state index contributed by atoms with van der Waals surface area (Å²) in [5, 5.41) is 3.19. The van der Waals surface area contributed by atoms with Crippen molar-refractivity contribution in [3.05, 3.63) is 41.4 Å². The second-order valence-electron chi connectivity index (χ2n) is 9.11. The Morgan fingerprint density at radius 2 is 1.88 bits per heavy atom. The number of nitrogens with zero attached hydrogens (tertiary/aromatic N) is 3. The van der Waals surface area contributed by atoms with Gasteiger partial charge in [-0.05, 0) is 57.7 Å². The zero-order chi connectivity index (χ0) is 24.0. The highest BCUT2D eigenvalue weighted by Crippen LogP contribution is 2.39. The van der Waals surface area contributed by atoms with E-state index in [-0.39, 0.29) is 39.8 Å². The van der Waals surface area contributed by atoms with Crippen LogP contribution < -0.4 is 15.0 Å². The van der Waals surface area contributed by atoms with E-state index in [1.807, 2.05) is 0 Å². The zero-order valence-electron chi connectivity index (χ0n) is 18.6. The lowest BCUT2D eigenvalue weighted by molar-refractivity contribution is -0.135. The Hall–Kier alpha value is -2.46. The predicted molar refractivity (Wildman–Crippen MR) is 122 cm³/mol. The van der Waals surface area contributed by atoms with Crippen molar-refractivity contribution in [2.75, 3.05) is 11.2 Å². The summed E-state index contributed by atoms with van der Waals surface area (Å²) in [7, 11) is -3.30. The number of ether oxygens (including phenoxy) is 1. The quantitative estimate of drug-likeness (QED) is 0.655. The first-order valence-electron chi connectivity index (χ1n) is 10.7. The molecule has 2 aliphatic heterocycles. The molecule has 0 radical (unpaired) electrons. The molecule has 4 rings (SSSR count). The normalized spacial score (nSPS) is 22.8. The number of carbonyl (C=O) groups is 1. The first-order valence-corrected chi connectivity index (χ1v) is 13.0. The molecule has 33 heavy (non-hydrogen) atoms. The van der Waals surface area contributed by atoms with Crippen molar-refractivity contribution >= 4 is 33.2 Å². The minimum Gasteiger partial charge on any atom is -0.459 e. The summed E-state index contributed by atoms with van der Waals surface area (Å²) in [6.07, 6.45) is 7.19. The number of pyridine rings is 2. The summed E-state index contributed by atoms with van der Waals surface area (Å²) in [5.74, 6) is -0.623. The van der Waals surface area contributed by atoms with Gasteiger partial charge in [-0.2, -0.15) is 0 Å². The van der Waals surface area contributed by atoms with E-state index >= 15 is 0 Å². The maximum atomic E-state index is 14.1. The number of fused-ring (bicyclic) bond motifs is 2. The van der Waals surface area contributed by atoms with Crippen LogP contribution in [0.25, 0.3) is 0 Å². The second-order valence-corrected chi connectivity index (χ2v) is 11.6. The van der Waals surface area contributed by atoms with E-state index in [4.69, 9.17) is 16.3 Å². The predicted octanol–water partition coefficient (Wildman–Crippen LogP) is 3.15. The monoisotopic (exact) mass is 496 g/mol. The van der Waals surface area contributed by atoms with Gasteiger partial charge in [0.05, 0.1) is 9.92 Å². The van der Waals surface area contributed by atoms with Crippen LogP contribution >= 0.6 is 11.6 Å². The summed E-state index contributed by atoms with van der Waals surface area (Å²) >= 11 is 5.72. The van der Waals surface area contributed by atoms with Crippen LogP contribution in [0.2, 0.25) is 5.02 Å². The van der Waals surface area contributed by atoms with Crippen LogP contribution in [0, 0.1) is 5.82 Å². The molecule has 2 aromatic heterocycles. The third-order valence-corrected chi connectivity index (χ3v) is 7.46. The fraction of sp³-hybridized carbons (Fsp3) is 0.500. The van der Waals surface area contributed by atoms with E-state index < -0.39 is 21.3 Å². The van der Waals surface area contributed by atoms with Gasteiger partial charge < -0.3 is 15.0 Å². The Bertz CT molecular complexity index is 1150. The van der Waals surface area contributed by atoms with Crippen LogP contribution in [0.1, 0.15) is 39.5 Å². The highest BCUT2D eigenvalue weighted by atomic mass is 35.5. The molecule has 1 amide bonds. The fourth-order valence-corrected chi connectivity index (χ4v) is 5.24. The molecule has 0 aliphatic carbocycles. The van der Waals surface area contributed by atoms with Crippen LogP contribution in [0.4, 0.5) is 10.2 Å². The molecule has 11 heteroatoms. The Kier molecular flexibility index (Phi) is 6.26. The number of hydrogen-bond acceptors (Lipinski definition) is 7. The highest BCUT2D eigenvalue weighted by Gasteiger charge is 2.43. The van der Waals surface area contributed by atoms with Gasteiger partial charge in [-0.3, -0.25) is 4.79 Å². The maximum absolute atomic E-state index is 14.1. The van der Waals surface area contributed by atoms with Crippen LogP contribution in [0.15, 0.2) is 35.5 Å². The number of halogens is 2. The van der Waals surface area contributed by atoms with E-state index in [1.165, 1.54) is 12.4 Å². The van der Waals surface area contributed by atoms with Gasteiger partial charge in [-0.1, -0.05) is 11.6 Å². The lowest BCUT2D eigenvalue weighted by atomic mass is 9.96. The molecule has 2 bridgehead atoms. The van der Waals surface area contributed by atoms with E-state index in [0.29, 0.717) is 0 Å². The number of carbonyl (C=O) groups excluding carboxylic acids is 1. The van der Waals surface area contributed by atoms with Gasteiger partial charge in [0.25, 0.3) is 11.8 Å². The number of hydrogen-bond donors (Lipinski definition) is 1. The molecule has 2 aromatic rings. The van der Waals surface area contributed by atoms with Crippen molar-refractivity contribution in [1.82, 2.24) is 15.3 Å². The van der Waals surface area contributed by atoms with Crippen molar-refractivity contribution in [1.29, 1.82) is 0 Å². The van der Waals surface area contributed by atoms with Gasteiger partial charge in [0.2, 0.25) is 0 Å². The minimum absolute atomic E-state index is 0.0626. The molecule has 8 nitrogen and oxygen atoms in total. The lowest BCUT2D eigenvalue weighted by Crippen LogP contribution is -2.55. The molecule has 0 aromatic carbocycles. The minimum atomic E-state index is -3.30. The number of rotatable bonds is 6. The third-order valence-electron chi connectivity index (χ3n) is 6.15. The van der Waals surface area contributed by atoms with Gasteiger partial charge in [0.15, 0.2) is 21.3 Å². The van der Waals surface area contributed by atoms with Crippen molar-refractivity contribution < 1.29 is 22.3 Å². The standard InChI is InChI=1S/C22H26ClFN4O4S/c1-22(2,32-20-18(24)8-13(23)11-26-20)21(29)27-14-9-15-4-5-16(10-14)28(15)19-7-6-17(12-25-19)33(3,30)31/h6-8,11-12,14-16H,4-5,9-10H2,1-3H3,(H,27,29)/t14-,15+,16-. The number of sulfone groups is 1. The fourth-order valence-electron chi connectivity index (χ4n) is 4.54. The molecule has 2 fully saturated rings. The van der Waals surface area contributed by atoms with Gasteiger partial charge in [-0.25, -0.2) is 22.8 Å². The number of nitrogens with one attached hydrogen (secondary N) is 1. The summed E-state index contributed by atoms with van der Waals surface area (Å²) in [4.78, 5) is 23.6. The Morgan fingerprint density at radius 1 is 1.21 bits per heavy atom. The molecular weight excluding hydrogens is 471 g/mol. The molecule has 178 valence electrons. The summed E-state index contributed by atoms with van der Waals surface area (Å²) < 4.78 is 43.0. The Morgan fingerprint density at radius 3 is 2.42 bits per heavy atom. The summed E-state index contributed by atoms with van der Waals surface area (Å²) in [6, 6.07) is 4.71. The molecule has 1 N–H and O–H groups in total. The van der Waals surface area contributed by atoms with Crippen LogP contribution in [0.5, 0.6) is 5.88 Å². The van der Waals surface area contributed by atoms with Gasteiger partial charge in [-0.15, -0.1) is 0 Å². The number of amides is 1. The molecule has 0 unspecified atom stereocenters. The van der Waals surface area contributed by atoms with Crippen LogP contribution in [-0.2, 0) is 14.6 Å². The molecule has 4 heterocycles. The first kappa shape index (κ1) is 23.7. The van der Waals surface area contributed by atoms with Crippen molar-refractivity contribution in [3.8, 4) is 5.88 Å². The summed E-state index contributed by atoms with van der Waals surface area (Å²) in [5.41, 5.74) is -1.33. The van der Waals surface area contributed by atoms with E-state index in [1.54, 1.807) is 26.0 Å². The van der Waals surface area contributed by atoms with Crippen molar-refractivity contribution in [2.24, 2.45) is 0 Å². The van der Waals surface area contributed by atoms with E-state index in [2.05, 4.69) is 20.2 Å². The van der Waals surface area contributed by atoms with Crippen LogP contribution in [-0.4, -0.2) is 54.3 Å². The zero-order valence-corrected chi connectivity index (χ0v) is 20.2. The maximum Gasteiger partial charge on any atom is 0.263 e. The first-order chi connectivity index (χ1) is 15.4. The highest BCUT2D eigenvalue weighted by molar-refractivity contribution is 7.90. The SMILES string of the molecule is CC(C)(Oc1ncc(Cl)cc1F)C(=O)N[C@H]1C[C@H]2CC[C@@H](C1)N2c1ccc(S(C)(=O)=O)cn1. The van der Waals surface area contributed by atoms with Crippen molar-refractivity contribution in [2.45, 2.75) is 68.2 Å². The lowest BCUT2D eigenvalue weighted by Gasteiger charge is -2.40. The average Bonchev–Trinajstić information content (AvgIpc) is 3.00. The largest absolute Gasteiger partial charge is 0.459 e. The molecule has 0 spiro atoms. The molecule has 2 saturated heterocycles. The summed E-state index contributed by atoms with van der Waals surface area (Å²) in [6.45, 7) is 3.13. The number of anilines is 1. The molecular formula is C22H26ClFN4O4S. The average molecular weight is 497 g/mol. The molecule has 0 saturated carbocycles. The molecule has 2 aliphatic rings. The van der Waals surface area contributed by atoms with Crippen molar-refractivity contribution in [3.63, 3.8) is 0 Å². The Balaban J connectivity index is 1.41. The Labute approximate surface area is 197 Å². The smallest absolute Gasteiger partial charge is 0.263 e. The second kappa shape index (κ2) is 8.72. The third kappa shape index (κ3) is 5.06. The van der Waals surface area contributed by atoms with Crippen LogP contribution in [0.3, 0.4) is 0 Å². The topological polar surface area (TPSA) is 101 Å². The van der Waals surface area contributed by atoms with E-state index in [9.17, 15) is 17.6 Å². The molecule has 3 atom stereocenters.